The molecule has 1 heterocycles. The van der Waals surface area contributed by atoms with Gasteiger partial charge < -0.3 is 0 Å². The van der Waals surface area contributed by atoms with Gasteiger partial charge in [-0.1, -0.05) is 17.9 Å². The molecule has 0 atom stereocenters. The molecule has 0 saturated heterocycles. The monoisotopic (exact) mass is 176 g/mol. The van der Waals surface area contributed by atoms with Crippen LogP contribution in [0, 0.1) is 0 Å². The third-order valence-electron chi connectivity index (χ3n) is 0.803. The molecule has 0 aliphatic rings. The van der Waals surface area contributed by atoms with Crippen LogP contribution in [0.3, 0.4) is 0 Å². The van der Waals surface area contributed by atoms with Gasteiger partial charge in [-0.15, -0.1) is 10.2 Å². The smallest absolute Gasteiger partial charge is 0.217 e. The molecule has 1 rings (SSSR count). The van der Waals surface area contributed by atoms with Gasteiger partial charge in [-0.25, -0.2) is 8.42 Å². The SMILES string of the molecule is C=CS(=O)(=O)c1nncs1. The Balaban J connectivity index is 3.22. The fourth-order valence-electron chi connectivity index (χ4n) is 0.358. The van der Waals surface area contributed by atoms with Crippen LogP contribution in [0.25, 0.3) is 0 Å². The largest absolute Gasteiger partial charge is 0.236 e. The quantitative estimate of drug-likeness (QED) is 0.656. The van der Waals surface area contributed by atoms with Gasteiger partial charge in [-0.3, -0.25) is 0 Å². The highest BCUT2D eigenvalue weighted by molar-refractivity contribution is 7.96. The van der Waals surface area contributed by atoms with Gasteiger partial charge in [0.25, 0.3) is 0 Å². The summed E-state index contributed by atoms with van der Waals surface area (Å²) in [4.78, 5) is 0. The summed E-state index contributed by atoms with van der Waals surface area (Å²) >= 11 is 0.973. The molecule has 0 aliphatic heterocycles. The third kappa shape index (κ3) is 1.22. The van der Waals surface area contributed by atoms with Crippen molar-refractivity contribution < 1.29 is 8.42 Å². The average molecular weight is 176 g/mol. The van der Waals surface area contributed by atoms with Crippen molar-refractivity contribution in [3.63, 3.8) is 0 Å². The molecule has 0 aliphatic carbocycles. The summed E-state index contributed by atoms with van der Waals surface area (Å²) in [6.45, 7) is 3.14. The van der Waals surface area contributed by atoms with Crippen LogP contribution in [0.2, 0.25) is 0 Å². The number of rotatable bonds is 2. The fourth-order valence-corrected chi connectivity index (χ4v) is 1.81. The van der Waals surface area contributed by atoms with E-state index in [1.54, 1.807) is 0 Å². The van der Waals surface area contributed by atoms with Crippen molar-refractivity contribution in [2.24, 2.45) is 0 Å². The van der Waals surface area contributed by atoms with Crippen molar-refractivity contribution in [3.8, 4) is 0 Å². The Bertz CT molecular complexity index is 313. The molecule has 0 unspecified atom stereocenters. The van der Waals surface area contributed by atoms with Crippen LogP contribution in [-0.4, -0.2) is 18.6 Å². The molecular formula is C4H4N2O2S2. The molecule has 1 aromatic rings. The second-order valence-electron chi connectivity index (χ2n) is 1.42. The molecule has 6 heteroatoms. The lowest BCUT2D eigenvalue weighted by molar-refractivity contribution is 0.603. The van der Waals surface area contributed by atoms with Gasteiger partial charge in [-0.05, 0) is 0 Å². The summed E-state index contributed by atoms with van der Waals surface area (Å²) in [6, 6.07) is 0. The van der Waals surface area contributed by atoms with E-state index in [1.165, 1.54) is 5.51 Å². The Morgan fingerprint density at radius 1 is 1.70 bits per heavy atom. The highest BCUT2D eigenvalue weighted by Gasteiger charge is 2.12. The van der Waals surface area contributed by atoms with E-state index >= 15 is 0 Å². The van der Waals surface area contributed by atoms with Crippen LogP contribution in [0.4, 0.5) is 0 Å². The number of hydrogen-bond donors (Lipinski definition) is 0. The Morgan fingerprint density at radius 3 is 2.80 bits per heavy atom. The van der Waals surface area contributed by atoms with Gasteiger partial charge >= 0.3 is 0 Å². The number of hydrogen-bond acceptors (Lipinski definition) is 5. The van der Waals surface area contributed by atoms with E-state index in [0.29, 0.717) is 0 Å². The second-order valence-corrected chi connectivity index (χ2v) is 4.32. The summed E-state index contributed by atoms with van der Waals surface area (Å²) in [6.07, 6.45) is 0. The molecule has 0 aromatic carbocycles. The fraction of sp³-hybridized carbons (Fsp3) is 0. The Hall–Kier alpha value is -0.750. The number of aromatic nitrogens is 2. The van der Waals surface area contributed by atoms with Crippen molar-refractivity contribution in [2.45, 2.75) is 4.34 Å². The van der Waals surface area contributed by atoms with Crippen molar-refractivity contribution in [3.05, 3.63) is 17.5 Å². The molecule has 0 N–H and O–H groups in total. The molecular weight excluding hydrogens is 172 g/mol. The first kappa shape index (κ1) is 7.36. The standard InChI is InChI=1S/C4H4N2O2S2/c1-2-10(7,8)4-6-5-3-9-4/h2-3H,1H2. The van der Waals surface area contributed by atoms with E-state index in [1.807, 2.05) is 0 Å². The molecule has 10 heavy (non-hydrogen) atoms. The van der Waals surface area contributed by atoms with Gasteiger partial charge in [0.1, 0.15) is 5.51 Å². The average Bonchev–Trinajstić information content (AvgIpc) is 2.38. The van der Waals surface area contributed by atoms with Gasteiger partial charge in [0.2, 0.25) is 14.2 Å². The predicted octanol–water partition coefficient (Wildman–Crippen LogP) is 0.455. The van der Waals surface area contributed by atoms with Crippen molar-refractivity contribution in [2.75, 3.05) is 0 Å². The maximum atomic E-state index is 10.9. The summed E-state index contributed by atoms with van der Waals surface area (Å²) in [7, 11) is -3.35. The molecule has 54 valence electrons. The van der Waals surface area contributed by atoms with Crippen molar-refractivity contribution >= 4 is 21.2 Å². The van der Waals surface area contributed by atoms with E-state index in [0.717, 1.165) is 16.7 Å². The summed E-state index contributed by atoms with van der Waals surface area (Å²) in [5.41, 5.74) is 1.36. The zero-order chi connectivity index (χ0) is 7.61. The van der Waals surface area contributed by atoms with Crippen LogP contribution in [0.5, 0.6) is 0 Å². The minimum absolute atomic E-state index is 0.0116. The van der Waals surface area contributed by atoms with Gasteiger partial charge in [-0.2, -0.15) is 0 Å². The Kier molecular flexibility index (Phi) is 1.82. The van der Waals surface area contributed by atoms with Gasteiger partial charge in [0, 0.05) is 5.41 Å². The summed E-state index contributed by atoms with van der Waals surface area (Å²) in [5, 5.41) is 7.60. The molecule has 0 bridgehead atoms. The molecule has 4 nitrogen and oxygen atoms in total. The number of nitrogens with zero attached hydrogens (tertiary/aromatic N) is 2. The van der Waals surface area contributed by atoms with Crippen LogP contribution < -0.4 is 0 Å². The summed E-state index contributed by atoms with van der Waals surface area (Å²) < 4.78 is 21.7. The maximum absolute atomic E-state index is 10.9. The van der Waals surface area contributed by atoms with Crippen LogP contribution in [0.1, 0.15) is 0 Å². The van der Waals surface area contributed by atoms with Gasteiger partial charge in [0.15, 0.2) is 0 Å². The topological polar surface area (TPSA) is 59.9 Å². The molecule has 0 saturated carbocycles. The first-order chi connectivity index (χ1) is 4.67. The van der Waals surface area contributed by atoms with Crippen LogP contribution in [0.15, 0.2) is 21.8 Å². The maximum Gasteiger partial charge on any atom is 0.236 e. The van der Waals surface area contributed by atoms with Crippen molar-refractivity contribution in [1.82, 2.24) is 10.2 Å². The third-order valence-corrected chi connectivity index (χ3v) is 3.28. The van der Waals surface area contributed by atoms with Crippen LogP contribution >= 0.6 is 11.3 Å². The lowest BCUT2D eigenvalue weighted by Crippen LogP contribution is -1.93. The lowest BCUT2D eigenvalue weighted by atomic mass is 11.3. The first-order valence-corrected chi connectivity index (χ1v) is 4.73. The zero-order valence-electron chi connectivity index (χ0n) is 4.89. The minimum Gasteiger partial charge on any atom is -0.217 e. The Morgan fingerprint density at radius 2 is 2.40 bits per heavy atom. The molecule has 0 spiro atoms. The first-order valence-electron chi connectivity index (χ1n) is 2.30. The number of sulfone groups is 1. The van der Waals surface area contributed by atoms with E-state index in [4.69, 9.17) is 0 Å². The van der Waals surface area contributed by atoms with E-state index in [9.17, 15) is 8.42 Å². The summed E-state index contributed by atoms with van der Waals surface area (Å²) in [5.74, 6) is 0. The van der Waals surface area contributed by atoms with Crippen molar-refractivity contribution in [1.29, 1.82) is 0 Å². The highest BCUT2D eigenvalue weighted by Crippen LogP contribution is 2.11. The molecule has 1 aromatic heterocycles. The molecule has 0 radical (unpaired) electrons. The van der Waals surface area contributed by atoms with E-state index in [-0.39, 0.29) is 4.34 Å². The molecule has 0 amide bonds. The molecule has 0 fully saturated rings. The minimum atomic E-state index is -3.35. The Labute approximate surface area is 62.1 Å². The second kappa shape index (κ2) is 2.47. The van der Waals surface area contributed by atoms with Gasteiger partial charge in [0.05, 0.1) is 0 Å². The van der Waals surface area contributed by atoms with E-state index in [2.05, 4.69) is 16.8 Å². The highest BCUT2D eigenvalue weighted by atomic mass is 32.2. The zero-order valence-corrected chi connectivity index (χ0v) is 6.52. The predicted molar refractivity (Wildman–Crippen MR) is 37.3 cm³/mol. The lowest BCUT2D eigenvalue weighted by Gasteiger charge is -1.85. The van der Waals surface area contributed by atoms with E-state index < -0.39 is 9.84 Å². The van der Waals surface area contributed by atoms with Crippen LogP contribution in [-0.2, 0) is 9.84 Å². The normalized spacial score (nSPS) is 11.2.